The third kappa shape index (κ3) is 5.79. The average molecular weight is 421 g/mol. The Morgan fingerprint density at radius 3 is 2.21 bits per heavy atom. The van der Waals surface area contributed by atoms with E-state index >= 15 is 0 Å². The molecule has 0 unspecified atom stereocenters. The normalized spacial score (nSPS) is 11.0. The number of hydrogen-bond acceptors (Lipinski definition) is 6. The van der Waals surface area contributed by atoms with E-state index in [-0.39, 0.29) is 17.2 Å². The van der Waals surface area contributed by atoms with Gasteiger partial charge < -0.3 is 15.4 Å². The number of halogens is 3. The average Bonchev–Trinajstić information content (AvgIpc) is 3.11. The number of nitrogens with zero attached hydrogens (tertiary/aromatic N) is 1. The fourth-order valence-electron chi connectivity index (χ4n) is 2.28. The summed E-state index contributed by atoms with van der Waals surface area (Å²) in [6, 6.07) is 11.6. The Kier molecular flexibility index (Phi) is 5.83. The molecule has 10 heteroatoms. The van der Waals surface area contributed by atoms with Gasteiger partial charge in [-0.25, -0.2) is 4.98 Å². The van der Waals surface area contributed by atoms with Crippen molar-refractivity contribution in [2.75, 3.05) is 10.6 Å². The number of carbonyl (C=O) groups is 2. The molecule has 0 aliphatic heterocycles. The Bertz CT molecular complexity index is 1020. The zero-order valence-electron chi connectivity index (χ0n) is 14.9. The molecule has 0 atom stereocenters. The largest absolute Gasteiger partial charge is 0.573 e. The van der Waals surface area contributed by atoms with Crippen LogP contribution in [0, 0.1) is 0 Å². The molecule has 0 aliphatic rings. The third-order valence-corrected chi connectivity index (χ3v) is 4.38. The molecule has 0 saturated carbocycles. The van der Waals surface area contributed by atoms with Gasteiger partial charge in [-0.3, -0.25) is 9.59 Å². The maximum Gasteiger partial charge on any atom is 0.573 e. The summed E-state index contributed by atoms with van der Waals surface area (Å²) in [6.45, 7) is 1.45. The Morgan fingerprint density at radius 1 is 1.00 bits per heavy atom. The van der Waals surface area contributed by atoms with Gasteiger partial charge in [-0.15, -0.1) is 24.5 Å². The van der Waals surface area contributed by atoms with Gasteiger partial charge in [0.05, 0.1) is 0 Å². The zero-order chi connectivity index (χ0) is 21.0. The number of rotatable bonds is 6. The molecule has 0 fully saturated rings. The molecule has 0 saturated heterocycles. The summed E-state index contributed by atoms with van der Waals surface area (Å²) < 4.78 is 40.3. The molecular weight excluding hydrogens is 407 g/mol. The van der Waals surface area contributed by atoms with Gasteiger partial charge in [0.15, 0.2) is 10.9 Å². The number of carbonyl (C=O) groups excluding carboxylic acids is 2. The highest BCUT2D eigenvalue weighted by Gasteiger charge is 2.30. The lowest BCUT2D eigenvalue weighted by atomic mass is 10.1. The van der Waals surface area contributed by atoms with Crippen LogP contribution in [-0.4, -0.2) is 23.0 Å². The molecule has 0 radical (unpaired) electrons. The minimum absolute atomic E-state index is 0.0731. The van der Waals surface area contributed by atoms with Crippen LogP contribution in [0.25, 0.3) is 0 Å². The van der Waals surface area contributed by atoms with Crippen LogP contribution in [-0.2, 0) is 0 Å². The summed E-state index contributed by atoms with van der Waals surface area (Å²) in [5.74, 6) is -0.840. The molecular formula is C19H14F3N3O3S. The number of ketones is 1. The molecule has 0 spiro atoms. The lowest BCUT2D eigenvalue weighted by Crippen LogP contribution is -2.16. The first-order valence-corrected chi connectivity index (χ1v) is 9.08. The number of anilines is 3. The van der Waals surface area contributed by atoms with E-state index in [4.69, 9.17) is 0 Å². The molecule has 150 valence electrons. The predicted octanol–water partition coefficient (Wildman–Crippen LogP) is 5.24. The van der Waals surface area contributed by atoms with E-state index in [1.54, 1.807) is 29.6 Å². The third-order valence-electron chi connectivity index (χ3n) is 3.63. The Hall–Kier alpha value is -3.40. The number of hydrogen-bond donors (Lipinski definition) is 2. The number of alkyl halides is 3. The standard InChI is InChI=1S/C19H14F3N3O3S/c1-11(26)12-2-4-13(5-3-12)23-17(27)16-10-29-18(25-16)24-14-6-8-15(9-7-14)28-19(20,21)22/h2-10H,1H3,(H,23,27)(H,24,25). The summed E-state index contributed by atoms with van der Waals surface area (Å²) in [6.07, 6.45) is -4.75. The van der Waals surface area contributed by atoms with Gasteiger partial charge in [-0.2, -0.15) is 0 Å². The van der Waals surface area contributed by atoms with Crippen molar-refractivity contribution < 1.29 is 27.5 Å². The number of Topliss-reactive ketones (excluding diaryl/α,β-unsaturated/α-hetero) is 1. The van der Waals surface area contributed by atoms with Gasteiger partial charge in [-0.1, -0.05) is 0 Å². The number of benzene rings is 2. The summed E-state index contributed by atoms with van der Waals surface area (Å²) in [5, 5.41) is 7.52. The quantitative estimate of drug-likeness (QED) is 0.532. The van der Waals surface area contributed by atoms with E-state index in [0.29, 0.717) is 22.1 Å². The molecule has 29 heavy (non-hydrogen) atoms. The van der Waals surface area contributed by atoms with Crippen molar-refractivity contribution in [1.29, 1.82) is 0 Å². The van der Waals surface area contributed by atoms with Gasteiger partial charge in [0.2, 0.25) is 0 Å². The smallest absolute Gasteiger partial charge is 0.406 e. The fourth-order valence-corrected chi connectivity index (χ4v) is 2.99. The van der Waals surface area contributed by atoms with Crippen molar-refractivity contribution in [1.82, 2.24) is 4.98 Å². The van der Waals surface area contributed by atoms with Crippen LogP contribution in [0.15, 0.2) is 53.9 Å². The maximum atomic E-state index is 12.3. The summed E-state index contributed by atoms with van der Waals surface area (Å²) in [7, 11) is 0. The monoisotopic (exact) mass is 421 g/mol. The second kappa shape index (κ2) is 8.31. The zero-order valence-corrected chi connectivity index (χ0v) is 15.7. The van der Waals surface area contributed by atoms with Gasteiger partial charge >= 0.3 is 6.36 Å². The highest BCUT2D eigenvalue weighted by atomic mass is 32.1. The minimum atomic E-state index is -4.75. The first kappa shape index (κ1) is 20.3. The van der Waals surface area contributed by atoms with Crippen molar-refractivity contribution in [2.45, 2.75) is 13.3 Å². The van der Waals surface area contributed by atoms with Crippen molar-refractivity contribution in [3.63, 3.8) is 0 Å². The Labute approximate surface area is 167 Å². The Balaban J connectivity index is 1.61. The van der Waals surface area contributed by atoms with E-state index in [2.05, 4.69) is 20.4 Å². The summed E-state index contributed by atoms with van der Waals surface area (Å²) in [4.78, 5) is 27.7. The maximum absolute atomic E-state index is 12.3. The molecule has 2 aromatic carbocycles. The van der Waals surface area contributed by atoms with E-state index in [0.717, 1.165) is 11.3 Å². The second-order valence-electron chi connectivity index (χ2n) is 5.82. The topological polar surface area (TPSA) is 80.3 Å². The lowest BCUT2D eigenvalue weighted by Gasteiger charge is -2.09. The molecule has 3 aromatic rings. The molecule has 2 N–H and O–H groups in total. The number of aromatic nitrogens is 1. The Morgan fingerprint density at radius 2 is 1.62 bits per heavy atom. The van der Waals surface area contributed by atoms with Crippen molar-refractivity contribution in [3.05, 3.63) is 65.2 Å². The fraction of sp³-hybridized carbons (Fsp3) is 0.105. The van der Waals surface area contributed by atoms with Crippen LogP contribution in [0.2, 0.25) is 0 Å². The number of thiazole rings is 1. The van der Waals surface area contributed by atoms with Crippen molar-refractivity contribution in [3.8, 4) is 5.75 Å². The molecule has 1 amide bonds. The first-order valence-electron chi connectivity index (χ1n) is 8.20. The van der Waals surface area contributed by atoms with Gasteiger partial charge in [0, 0.05) is 22.3 Å². The van der Waals surface area contributed by atoms with E-state index in [1.807, 2.05) is 0 Å². The van der Waals surface area contributed by atoms with Crippen LogP contribution in [0.1, 0.15) is 27.8 Å². The highest BCUT2D eigenvalue weighted by Crippen LogP contribution is 2.26. The molecule has 3 rings (SSSR count). The van der Waals surface area contributed by atoms with E-state index < -0.39 is 12.3 Å². The number of nitrogens with one attached hydrogen (secondary N) is 2. The minimum Gasteiger partial charge on any atom is -0.406 e. The van der Waals surface area contributed by atoms with Crippen LogP contribution >= 0.6 is 11.3 Å². The van der Waals surface area contributed by atoms with Gasteiger partial charge in [0.1, 0.15) is 11.4 Å². The molecule has 1 heterocycles. The van der Waals surface area contributed by atoms with E-state index in [1.165, 1.54) is 31.2 Å². The van der Waals surface area contributed by atoms with Gasteiger partial charge in [0.25, 0.3) is 5.91 Å². The second-order valence-corrected chi connectivity index (χ2v) is 6.68. The van der Waals surface area contributed by atoms with E-state index in [9.17, 15) is 22.8 Å². The molecule has 0 bridgehead atoms. The summed E-state index contributed by atoms with van der Waals surface area (Å²) >= 11 is 1.16. The summed E-state index contributed by atoms with van der Waals surface area (Å²) in [5.41, 5.74) is 1.71. The first-order chi connectivity index (χ1) is 13.7. The van der Waals surface area contributed by atoms with Crippen molar-refractivity contribution in [2.24, 2.45) is 0 Å². The van der Waals surface area contributed by atoms with Crippen molar-refractivity contribution >= 4 is 39.5 Å². The molecule has 0 aliphatic carbocycles. The van der Waals surface area contributed by atoms with Gasteiger partial charge in [-0.05, 0) is 55.5 Å². The SMILES string of the molecule is CC(=O)c1ccc(NC(=O)c2csc(Nc3ccc(OC(F)(F)F)cc3)n2)cc1. The lowest BCUT2D eigenvalue weighted by molar-refractivity contribution is -0.274. The van der Waals surface area contributed by atoms with Crippen LogP contribution in [0.5, 0.6) is 5.75 Å². The highest BCUT2D eigenvalue weighted by molar-refractivity contribution is 7.14. The predicted molar refractivity (Wildman–Crippen MR) is 103 cm³/mol. The number of ether oxygens (including phenoxy) is 1. The van der Waals surface area contributed by atoms with Crippen LogP contribution in [0.3, 0.4) is 0 Å². The van der Waals surface area contributed by atoms with Crippen LogP contribution in [0.4, 0.5) is 29.7 Å². The van der Waals surface area contributed by atoms with Crippen LogP contribution < -0.4 is 15.4 Å². The number of amides is 1. The molecule has 6 nitrogen and oxygen atoms in total. The molecule has 1 aromatic heterocycles.